The van der Waals surface area contributed by atoms with E-state index >= 15 is 0 Å². The SMILES string of the molecule is CC1OB(O)OC1C.[KH]. The van der Waals surface area contributed by atoms with Crippen LogP contribution in [0.3, 0.4) is 0 Å². The number of rotatable bonds is 0. The molecule has 1 aliphatic heterocycles. The molecule has 0 aromatic heterocycles. The Morgan fingerprint density at radius 2 is 1.56 bits per heavy atom. The molecule has 0 aromatic rings. The molecule has 0 saturated carbocycles. The fraction of sp³-hybridized carbons (Fsp3) is 1.00. The van der Waals surface area contributed by atoms with Gasteiger partial charge >= 0.3 is 58.7 Å². The van der Waals surface area contributed by atoms with Gasteiger partial charge in [0.2, 0.25) is 0 Å². The van der Waals surface area contributed by atoms with E-state index in [2.05, 4.69) is 0 Å². The van der Waals surface area contributed by atoms with E-state index < -0.39 is 7.32 Å². The van der Waals surface area contributed by atoms with Crippen molar-refractivity contribution in [3.05, 3.63) is 0 Å². The Balaban J connectivity index is 0.000000640. The second-order valence-electron chi connectivity index (χ2n) is 1.99. The standard InChI is InChI=1S/C4H9BO3.K.H/c1-3-4(2)8-5(6)7-3;;/h3-4,6H,1-2H3;;. The van der Waals surface area contributed by atoms with Crippen molar-refractivity contribution in [1.29, 1.82) is 0 Å². The van der Waals surface area contributed by atoms with Gasteiger partial charge in [0.15, 0.2) is 0 Å². The maximum atomic E-state index is 8.63. The van der Waals surface area contributed by atoms with E-state index in [0.29, 0.717) is 0 Å². The van der Waals surface area contributed by atoms with E-state index in [9.17, 15) is 0 Å². The summed E-state index contributed by atoms with van der Waals surface area (Å²) in [5, 5.41) is 8.63. The molecule has 0 spiro atoms. The van der Waals surface area contributed by atoms with Crippen molar-refractivity contribution in [1.82, 2.24) is 0 Å². The van der Waals surface area contributed by atoms with Gasteiger partial charge in [-0.25, -0.2) is 0 Å². The Kier molecular flexibility index (Phi) is 5.24. The van der Waals surface area contributed by atoms with E-state index in [0.717, 1.165) is 0 Å². The molecule has 1 saturated heterocycles. The van der Waals surface area contributed by atoms with Crippen molar-refractivity contribution in [3.8, 4) is 0 Å². The molecule has 3 nitrogen and oxygen atoms in total. The topological polar surface area (TPSA) is 38.7 Å². The molecule has 0 amide bonds. The predicted molar refractivity (Wildman–Crippen MR) is 36.2 cm³/mol. The van der Waals surface area contributed by atoms with Gasteiger partial charge in [0.25, 0.3) is 0 Å². The summed E-state index contributed by atoms with van der Waals surface area (Å²) in [4.78, 5) is 0. The molecule has 2 atom stereocenters. The van der Waals surface area contributed by atoms with E-state index in [1.54, 1.807) is 0 Å². The summed E-state index contributed by atoms with van der Waals surface area (Å²) in [6.45, 7) is 3.72. The van der Waals surface area contributed by atoms with Crippen molar-refractivity contribution in [2.75, 3.05) is 0 Å². The van der Waals surface area contributed by atoms with Gasteiger partial charge in [-0.05, 0) is 13.8 Å². The number of hydrogen-bond acceptors (Lipinski definition) is 3. The van der Waals surface area contributed by atoms with Gasteiger partial charge in [-0.15, -0.1) is 0 Å². The first-order valence-corrected chi connectivity index (χ1v) is 2.69. The molecule has 1 aliphatic rings. The molecule has 0 aromatic carbocycles. The van der Waals surface area contributed by atoms with Crippen LogP contribution in [0.5, 0.6) is 0 Å². The minimum absolute atomic E-state index is 0. The van der Waals surface area contributed by atoms with Crippen LogP contribution in [0.1, 0.15) is 13.8 Å². The molecule has 1 rings (SSSR count). The third-order valence-electron chi connectivity index (χ3n) is 1.32. The van der Waals surface area contributed by atoms with Gasteiger partial charge in [0.05, 0.1) is 12.2 Å². The van der Waals surface area contributed by atoms with Crippen molar-refractivity contribution in [2.24, 2.45) is 0 Å². The molecule has 1 N–H and O–H groups in total. The molecule has 1 fully saturated rings. The fourth-order valence-electron chi connectivity index (χ4n) is 0.621. The molecule has 2 unspecified atom stereocenters. The zero-order valence-corrected chi connectivity index (χ0v) is 5.00. The Labute approximate surface area is 97.7 Å². The quantitative estimate of drug-likeness (QED) is 0.464. The molecule has 0 bridgehead atoms. The van der Waals surface area contributed by atoms with E-state index in [4.69, 9.17) is 14.3 Å². The van der Waals surface area contributed by atoms with Crippen LogP contribution in [0, 0.1) is 0 Å². The van der Waals surface area contributed by atoms with E-state index in [1.165, 1.54) is 0 Å². The van der Waals surface area contributed by atoms with Crippen molar-refractivity contribution in [3.63, 3.8) is 0 Å². The Morgan fingerprint density at radius 3 is 1.67 bits per heavy atom. The predicted octanol–water partition coefficient (Wildman–Crippen LogP) is -0.861. The summed E-state index contributed by atoms with van der Waals surface area (Å²) in [5.41, 5.74) is 0. The Hall–Kier alpha value is 1.58. The van der Waals surface area contributed by atoms with Crippen molar-refractivity contribution < 1.29 is 14.3 Å². The average Bonchev–Trinajstić information content (AvgIpc) is 1.85. The maximum absolute atomic E-state index is 8.63. The van der Waals surface area contributed by atoms with E-state index in [1.807, 2.05) is 13.8 Å². The molecular formula is C4H10BKO3. The summed E-state index contributed by atoms with van der Waals surface area (Å²) < 4.78 is 9.61. The average molecular weight is 156 g/mol. The molecular weight excluding hydrogens is 146 g/mol. The molecule has 0 aliphatic carbocycles. The van der Waals surface area contributed by atoms with E-state index in [-0.39, 0.29) is 63.6 Å². The first-order chi connectivity index (χ1) is 3.70. The molecule has 0 radical (unpaired) electrons. The summed E-state index contributed by atoms with van der Waals surface area (Å²) in [7, 11) is -1.00. The first kappa shape index (κ1) is 10.6. The number of hydrogen-bond donors (Lipinski definition) is 1. The summed E-state index contributed by atoms with van der Waals surface area (Å²) in [5.74, 6) is 0. The van der Waals surface area contributed by atoms with Crippen LogP contribution < -0.4 is 0 Å². The minimum atomic E-state index is -1.00. The Bertz CT molecular complexity index is 81.9. The normalized spacial score (nSPS) is 34.3. The van der Waals surface area contributed by atoms with Crippen LogP contribution in [0.2, 0.25) is 0 Å². The molecule has 1 heterocycles. The molecule has 9 heavy (non-hydrogen) atoms. The van der Waals surface area contributed by atoms with Crippen molar-refractivity contribution >= 4 is 58.7 Å². The third kappa shape index (κ3) is 2.99. The molecule has 5 heteroatoms. The second-order valence-corrected chi connectivity index (χ2v) is 1.99. The zero-order chi connectivity index (χ0) is 6.15. The van der Waals surface area contributed by atoms with Gasteiger partial charge < -0.3 is 14.3 Å². The summed E-state index contributed by atoms with van der Waals surface area (Å²) in [6.07, 6.45) is 0.0370. The monoisotopic (exact) mass is 156 g/mol. The van der Waals surface area contributed by atoms with Crippen LogP contribution in [0.15, 0.2) is 0 Å². The van der Waals surface area contributed by atoms with Crippen LogP contribution in [0.25, 0.3) is 0 Å². The molecule has 48 valence electrons. The van der Waals surface area contributed by atoms with Crippen LogP contribution >= 0.6 is 0 Å². The van der Waals surface area contributed by atoms with Crippen LogP contribution in [-0.4, -0.2) is 75.9 Å². The van der Waals surface area contributed by atoms with Crippen LogP contribution in [-0.2, 0) is 9.31 Å². The summed E-state index contributed by atoms with van der Waals surface area (Å²) >= 11 is 0. The second kappa shape index (κ2) is 4.46. The van der Waals surface area contributed by atoms with Crippen LogP contribution in [0.4, 0.5) is 0 Å². The summed E-state index contributed by atoms with van der Waals surface area (Å²) in [6, 6.07) is 0. The van der Waals surface area contributed by atoms with Gasteiger partial charge in [-0.3, -0.25) is 0 Å². The third-order valence-corrected chi connectivity index (χ3v) is 1.32. The fourth-order valence-corrected chi connectivity index (χ4v) is 0.621. The van der Waals surface area contributed by atoms with Gasteiger partial charge in [-0.2, -0.15) is 0 Å². The zero-order valence-electron chi connectivity index (χ0n) is 5.00. The van der Waals surface area contributed by atoms with Gasteiger partial charge in [-0.1, -0.05) is 0 Å². The van der Waals surface area contributed by atoms with Crippen molar-refractivity contribution in [2.45, 2.75) is 26.1 Å². The van der Waals surface area contributed by atoms with Gasteiger partial charge in [0, 0.05) is 0 Å². The first-order valence-electron chi connectivity index (χ1n) is 2.69. The Morgan fingerprint density at radius 1 is 1.22 bits per heavy atom. The van der Waals surface area contributed by atoms with Gasteiger partial charge in [0.1, 0.15) is 0 Å².